The third kappa shape index (κ3) is 4.23. The zero-order valence-electron chi connectivity index (χ0n) is 13.7. The van der Waals surface area contributed by atoms with Gasteiger partial charge in [0.1, 0.15) is 5.75 Å². The molecule has 1 aliphatic heterocycles. The molecule has 0 saturated carbocycles. The van der Waals surface area contributed by atoms with Gasteiger partial charge in [0.05, 0.1) is 0 Å². The van der Waals surface area contributed by atoms with E-state index < -0.39 is 5.91 Å². The highest BCUT2D eigenvalue weighted by Crippen LogP contribution is 2.17. The smallest absolute Gasteiger partial charge is 0.255 e. The van der Waals surface area contributed by atoms with Crippen LogP contribution in [0, 0.1) is 0 Å². The van der Waals surface area contributed by atoms with E-state index in [4.69, 9.17) is 10.5 Å². The zero-order chi connectivity index (χ0) is 17.6. The molecule has 0 unspecified atom stereocenters. The van der Waals surface area contributed by atoms with Gasteiger partial charge in [-0.25, -0.2) is 9.97 Å². The molecule has 0 atom stereocenters. The maximum absolute atomic E-state index is 12.7. The molecule has 1 fully saturated rings. The number of hydrogen-bond acceptors (Lipinski definition) is 6. The van der Waals surface area contributed by atoms with Crippen LogP contribution in [0.15, 0.2) is 42.7 Å². The van der Waals surface area contributed by atoms with Crippen molar-refractivity contribution in [3.05, 3.63) is 48.3 Å². The number of benzene rings is 1. The standard InChI is InChI=1S/C17H19N5O3/c18-15(23)12-25-14-4-1-3-13(11-14)16(24)21-7-9-22(10-8-21)17-19-5-2-6-20-17/h1-6,11H,7-10,12H2,(H2,18,23). The summed E-state index contributed by atoms with van der Waals surface area (Å²) in [7, 11) is 0. The van der Waals surface area contributed by atoms with Crippen molar-refractivity contribution in [2.75, 3.05) is 37.7 Å². The monoisotopic (exact) mass is 341 g/mol. The Kier molecular flexibility index (Phi) is 5.08. The number of piperazine rings is 1. The number of amides is 2. The van der Waals surface area contributed by atoms with E-state index in [1.54, 1.807) is 47.6 Å². The Balaban J connectivity index is 1.61. The van der Waals surface area contributed by atoms with Gasteiger partial charge in [0.25, 0.3) is 11.8 Å². The first-order valence-electron chi connectivity index (χ1n) is 7.96. The van der Waals surface area contributed by atoms with Gasteiger partial charge in [-0.15, -0.1) is 0 Å². The molecule has 1 saturated heterocycles. The summed E-state index contributed by atoms with van der Waals surface area (Å²) in [6.45, 7) is 2.31. The van der Waals surface area contributed by atoms with Gasteiger partial charge in [-0.3, -0.25) is 9.59 Å². The molecule has 0 spiro atoms. The number of anilines is 1. The molecule has 8 nitrogen and oxygen atoms in total. The average Bonchev–Trinajstić information content (AvgIpc) is 2.67. The van der Waals surface area contributed by atoms with Crippen molar-refractivity contribution in [1.82, 2.24) is 14.9 Å². The van der Waals surface area contributed by atoms with Gasteiger partial charge in [0.15, 0.2) is 6.61 Å². The zero-order valence-corrected chi connectivity index (χ0v) is 13.7. The highest BCUT2D eigenvalue weighted by Gasteiger charge is 2.23. The Bertz CT molecular complexity index is 745. The quantitative estimate of drug-likeness (QED) is 0.839. The molecule has 0 radical (unpaired) electrons. The molecular formula is C17H19N5O3. The van der Waals surface area contributed by atoms with Crippen LogP contribution in [0.4, 0.5) is 5.95 Å². The Morgan fingerprint density at radius 3 is 2.48 bits per heavy atom. The summed E-state index contributed by atoms with van der Waals surface area (Å²) in [6.07, 6.45) is 3.41. The van der Waals surface area contributed by atoms with E-state index >= 15 is 0 Å². The highest BCUT2D eigenvalue weighted by molar-refractivity contribution is 5.94. The molecule has 2 aromatic rings. The van der Waals surface area contributed by atoms with Gasteiger partial charge < -0.3 is 20.3 Å². The predicted octanol–water partition coefficient (Wildman–Crippen LogP) is 0.303. The Hall–Kier alpha value is -3.16. The fourth-order valence-corrected chi connectivity index (χ4v) is 2.62. The lowest BCUT2D eigenvalue weighted by atomic mass is 10.1. The fourth-order valence-electron chi connectivity index (χ4n) is 2.62. The summed E-state index contributed by atoms with van der Waals surface area (Å²) >= 11 is 0. The number of carbonyl (C=O) groups is 2. The van der Waals surface area contributed by atoms with E-state index in [2.05, 4.69) is 14.9 Å². The van der Waals surface area contributed by atoms with Crippen LogP contribution in [-0.2, 0) is 4.79 Å². The molecule has 130 valence electrons. The van der Waals surface area contributed by atoms with E-state index in [-0.39, 0.29) is 12.5 Å². The lowest BCUT2D eigenvalue weighted by Crippen LogP contribution is -2.49. The van der Waals surface area contributed by atoms with Crippen LogP contribution in [0.3, 0.4) is 0 Å². The van der Waals surface area contributed by atoms with Crippen molar-refractivity contribution in [1.29, 1.82) is 0 Å². The Labute approximate surface area is 145 Å². The molecule has 2 amide bonds. The summed E-state index contributed by atoms with van der Waals surface area (Å²) in [4.78, 5) is 35.8. The normalized spacial score (nSPS) is 14.2. The lowest BCUT2D eigenvalue weighted by molar-refractivity contribution is -0.119. The average molecular weight is 341 g/mol. The molecule has 1 aliphatic rings. The maximum atomic E-state index is 12.7. The molecule has 2 heterocycles. The summed E-state index contributed by atoms with van der Waals surface area (Å²) in [5, 5.41) is 0. The van der Waals surface area contributed by atoms with Crippen molar-refractivity contribution >= 4 is 17.8 Å². The van der Waals surface area contributed by atoms with Crippen LogP contribution in [0.5, 0.6) is 5.75 Å². The molecular weight excluding hydrogens is 322 g/mol. The van der Waals surface area contributed by atoms with Crippen LogP contribution in [0.25, 0.3) is 0 Å². The van der Waals surface area contributed by atoms with Gasteiger partial charge in [0.2, 0.25) is 5.95 Å². The molecule has 1 aromatic heterocycles. The summed E-state index contributed by atoms with van der Waals surface area (Å²) in [5.74, 6) is 0.492. The largest absolute Gasteiger partial charge is 0.484 e. The van der Waals surface area contributed by atoms with Crippen molar-refractivity contribution in [2.45, 2.75) is 0 Å². The topological polar surface area (TPSA) is 102 Å². The molecule has 3 rings (SSSR count). The van der Waals surface area contributed by atoms with Crippen LogP contribution in [-0.4, -0.2) is 59.5 Å². The van der Waals surface area contributed by atoms with Gasteiger partial charge >= 0.3 is 0 Å². The second kappa shape index (κ2) is 7.61. The van der Waals surface area contributed by atoms with Crippen molar-refractivity contribution in [3.8, 4) is 5.75 Å². The molecule has 0 aliphatic carbocycles. The number of aromatic nitrogens is 2. The lowest BCUT2D eigenvalue weighted by Gasteiger charge is -2.34. The number of nitrogens with two attached hydrogens (primary N) is 1. The second-order valence-corrected chi connectivity index (χ2v) is 5.61. The van der Waals surface area contributed by atoms with Crippen LogP contribution in [0.1, 0.15) is 10.4 Å². The Morgan fingerprint density at radius 1 is 1.08 bits per heavy atom. The SMILES string of the molecule is NC(=O)COc1cccc(C(=O)N2CCN(c3ncccn3)CC2)c1. The first kappa shape index (κ1) is 16.7. The third-order valence-electron chi connectivity index (χ3n) is 3.86. The van der Waals surface area contributed by atoms with Gasteiger partial charge in [0, 0.05) is 44.1 Å². The van der Waals surface area contributed by atoms with Crippen molar-refractivity contribution < 1.29 is 14.3 Å². The minimum Gasteiger partial charge on any atom is -0.484 e. The van der Waals surface area contributed by atoms with Crippen molar-refractivity contribution in [2.24, 2.45) is 5.73 Å². The molecule has 8 heteroatoms. The van der Waals surface area contributed by atoms with E-state index in [0.717, 1.165) is 0 Å². The van der Waals surface area contributed by atoms with Crippen LogP contribution >= 0.6 is 0 Å². The number of carbonyl (C=O) groups excluding carboxylic acids is 2. The number of hydrogen-bond donors (Lipinski definition) is 1. The number of nitrogens with zero attached hydrogens (tertiary/aromatic N) is 4. The fraction of sp³-hybridized carbons (Fsp3) is 0.294. The summed E-state index contributed by atoms with van der Waals surface area (Å²) in [5.41, 5.74) is 5.58. The molecule has 1 aromatic carbocycles. The third-order valence-corrected chi connectivity index (χ3v) is 3.86. The highest BCUT2D eigenvalue weighted by atomic mass is 16.5. The maximum Gasteiger partial charge on any atom is 0.255 e. The molecule has 25 heavy (non-hydrogen) atoms. The summed E-state index contributed by atoms with van der Waals surface area (Å²) in [6, 6.07) is 8.53. The molecule has 2 N–H and O–H groups in total. The summed E-state index contributed by atoms with van der Waals surface area (Å²) < 4.78 is 5.25. The predicted molar refractivity (Wildman–Crippen MR) is 91.3 cm³/mol. The van der Waals surface area contributed by atoms with E-state index in [1.165, 1.54) is 0 Å². The molecule has 0 bridgehead atoms. The van der Waals surface area contributed by atoms with Crippen molar-refractivity contribution in [3.63, 3.8) is 0 Å². The van der Waals surface area contributed by atoms with E-state index in [1.807, 2.05) is 0 Å². The number of primary amides is 1. The van der Waals surface area contributed by atoms with Gasteiger partial charge in [-0.05, 0) is 24.3 Å². The minimum absolute atomic E-state index is 0.0712. The number of rotatable bonds is 5. The van der Waals surface area contributed by atoms with Gasteiger partial charge in [-0.1, -0.05) is 6.07 Å². The van der Waals surface area contributed by atoms with Crippen LogP contribution in [0.2, 0.25) is 0 Å². The number of ether oxygens (including phenoxy) is 1. The van der Waals surface area contributed by atoms with Gasteiger partial charge in [-0.2, -0.15) is 0 Å². The first-order chi connectivity index (χ1) is 12.1. The first-order valence-corrected chi connectivity index (χ1v) is 7.96. The Morgan fingerprint density at radius 2 is 1.80 bits per heavy atom. The van der Waals surface area contributed by atoms with E-state index in [9.17, 15) is 9.59 Å². The minimum atomic E-state index is -0.559. The second-order valence-electron chi connectivity index (χ2n) is 5.61. The van der Waals surface area contributed by atoms with Crippen LogP contribution < -0.4 is 15.4 Å². The van der Waals surface area contributed by atoms with E-state index in [0.29, 0.717) is 43.4 Å².